The highest BCUT2D eigenvalue weighted by Gasteiger charge is 2.13. The van der Waals surface area contributed by atoms with Gasteiger partial charge in [0.05, 0.1) is 16.8 Å². The second-order valence-electron chi connectivity index (χ2n) is 6.40. The number of hydrogen-bond donors (Lipinski definition) is 1. The molecule has 3 rings (SSSR count). The first-order valence-electron chi connectivity index (χ1n) is 9.20. The van der Waals surface area contributed by atoms with E-state index in [-0.39, 0.29) is 6.61 Å². The minimum atomic E-state index is -0.479. The molecule has 0 bridgehead atoms. The minimum absolute atomic E-state index is 0.255. The van der Waals surface area contributed by atoms with Crippen molar-refractivity contribution in [3.8, 4) is 11.5 Å². The van der Waals surface area contributed by atoms with Crippen LogP contribution in [0.2, 0.25) is 5.02 Å². The number of esters is 1. The summed E-state index contributed by atoms with van der Waals surface area (Å²) in [4.78, 5) is 24.5. The van der Waals surface area contributed by atoms with E-state index in [0.717, 1.165) is 10.0 Å². The van der Waals surface area contributed by atoms with Crippen molar-refractivity contribution in [1.82, 2.24) is 5.43 Å². The van der Waals surface area contributed by atoms with Crippen LogP contribution in [-0.4, -0.2) is 24.7 Å². The van der Waals surface area contributed by atoms with E-state index in [9.17, 15) is 9.59 Å². The Morgan fingerprint density at radius 2 is 1.81 bits per heavy atom. The van der Waals surface area contributed by atoms with Crippen LogP contribution in [-0.2, 0) is 4.79 Å². The number of para-hydroxylation sites is 1. The lowest BCUT2D eigenvalue weighted by Gasteiger charge is -2.09. The van der Waals surface area contributed by atoms with E-state index in [1.165, 1.54) is 6.21 Å². The van der Waals surface area contributed by atoms with Gasteiger partial charge in [-0.1, -0.05) is 57.9 Å². The van der Waals surface area contributed by atoms with E-state index in [1.54, 1.807) is 54.6 Å². The first-order chi connectivity index (χ1) is 14.9. The Bertz CT molecular complexity index is 1130. The maximum Gasteiger partial charge on any atom is 0.343 e. The molecule has 3 aromatic rings. The van der Waals surface area contributed by atoms with Crippen molar-refractivity contribution in [3.63, 3.8) is 0 Å². The van der Waals surface area contributed by atoms with Crippen LogP contribution in [0.3, 0.4) is 0 Å². The number of carbonyl (C=O) groups excluding carboxylic acids is 2. The van der Waals surface area contributed by atoms with Gasteiger partial charge in [0.15, 0.2) is 6.61 Å². The molecule has 0 atom stereocenters. The van der Waals surface area contributed by atoms with E-state index in [2.05, 4.69) is 26.5 Å². The number of nitrogens with zero attached hydrogens (tertiary/aromatic N) is 1. The summed E-state index contributed by atoms with van der Waals surface area (Å²) in [5.41, 5.74) is 4.15. The molecule has 0 radical (unpaired) electrons. The Hall–Kier alpha value is -3.16. The molecule has 0 aromatic heterocycles. The Kier molecular flexibility index (Phi) is 7.81. The van der Waals surface area contributed by atoms with Crippen molar-refractivity contribution < 1.29 is 19.1 Å². The zero-order valence-electron chi connectivity index (χ0n) is 16.5. The number of carbonyl (C=O) groups is 2. The predicted octanol–water partition coefficient (Wildman–Crippen LogP) is 5.16. The highest BCUT2D eigenvalue weighted by atomic mass is 79.9. The first kappa shape index (κ1) is 22.5. The molecule has 0 saturated carbocycles. The lowest BCUT2D eigenvalue weighted by molar-refractivity contribution is -0.123. The number of amides is 1. The number of nitrogens with one attached hydrogen (secondary N) is 1. The van der Waals surface area contributed by atoms with Crippen LogP contribution in [0, 0.1) is 6.92 Å². The number of ether oxygens (including phenoxy) is 2. The molecule has 0 unspecified atom stereocenters. The number of rotatable bonds is 7. The van der Waals surface area contributed by atoms with Crippen LogP contribution in [0.5, 0.6) is 11.5 Å². The third-order valence-electron chi connectivity index (χ3n) is 4.13. The number of aryl methyl sites for hydroxylation is 1. The van der Waals surface area contributed by atoms with Crippen LogP contribution >= 0.6 is 27.5 Å². The molecular weight excluding hydrogens is 484 g/mol. The Morgan fingerprint density at radius 3 is 2.58 bits per heavy atom. The average molecular weight is 502 g/mol. The molecule has 0 fully saturated rings. The first-order valence-corrected chi connectivity index (χ1v) is 10.4. The van der Waals surface area contributed by atoms with Crippen molar-refractivity contribution >= 4 is 45.6 Å². The van der Waals surface area contributed by atoms with Gasteiger partial charge >= 0.3 is 5.97 Å². The van der Waals surface area contributed by atoms with Gasteiger partial charge in [0.2, 0.25) is 0 Å². The lowest BCUT2D eigenvalue weighted by atomic mass is 10.1. The van der Waals surface area contributed by atoms with Gasteiger partial charge in [0, 0.05) is 10.0 Å². The van der Waals surface area contributed by atoms with Crippen LogP contribution in [0.25, 0.3) is 0 Å². The molecule has 0 aliphatic carbocycles. The fraction of sp³-hybridized carbons (Fsp3) is 0.0870. The summed E-state index contributed by atoms with van der Waals surface area (Å²) in [5, 5.41) is 4.34. The van der Waals surface area contributed by atoms with E-state index in [4.69, 9.17) is 21.1 Å². The Morgan fingerprint density at radius 1 is 1.06 bits per heavy atom. The molecule has 0 aliphatic heterocycles. The van der Waals surface area contributed by atoms with Crippen LogP contribution in [0.15, 0.2) is 76.3 Å². The fourth-order valence-electron chi connectivity index (χ4n) is 2.58. The highest BCUT2D eigenvalue weighted by molar-refractivity contribution is 9.10. The number of halogens is 2. The van der Waals surface area contributed by atoms with Gasteiger partial charge in [0.1, 0.15) is 11.5 Å². The second kappa shape index (κ2) is 10.7. The average Bonchev–Trinajstić information content (AvgIpc) is 2.75. The standard InChI is InChI=1S/C23H18BrClN2O4/c1-15-6-2-3-7-18(15)23(29)31-20-11-10-17(24)12-16(20)13-26-27-22(28)14-30-21-9-5-4-8-19(21)25/h2-13H,14H2,1H3,(H,27,28)/b26-13-. The summed E-state index contributed by atoms with van der Waals surface area (Å²) in [7, 11) is 0. The van der Waals surface area contributed by atoms with Crippen LogP contribution in [0.4, 0.5) is 0 Å². The van der Waals surface area contributed by atoms with Crippen LogP contribution < -0.4 is 14.9 Å². The smallest absolute Gasteiger partial charge is 0.343 e. The normalized spacial score (nSPS) is 10.7. The maximum absolute atomic E-state index is 12.5. The van der Waals surface area contributed by atoms with Crippen molar-refractivity contribution in [3.05, 3.63) is 92.9 Å². The molecule has 0 aliphatic rings. The summed E-state index contributed by atoms with van der Waals surface area (Å²) < 4.78 is 11.7. The van der Waals surface area contributed by atoms with Crippen molar-refractivity contribution in [1.29, 1.82) is 0 Å². The third-order valence-corrected chi connectivity index (χ3v) is 4.93. The van der Waals surface area contributed by atoms with Crippen LogP contribution in [0.1, 0.15) is 21.5 Å². The monoisotopic (exact) mass is 500 g/mol. The largest absolute Gasteiger partial charge is 0.482 e. The topological polar surface area (TPSA) is 77.0 Å². The quantitative estimate of drug-likeness (QED) is 0.210. The summed E-state index contributed by atoms with van der Waals surface area (Å²) in [6.07, 6.45) is 1.39. The van der Waals surface area contributed by atoms with E-state index in [1.807, 2.05) is 19.1 Å². The van der Waals surface area contributed by atoms with Crippen molar-refractivity contribution in [2.45, 2.75) is 6.92 Å². The molecular formula is C23H18BrClN2O4. The van der Waals surface area contributed by atoms with Gasteiger partial charge in [-0.05, 0) is 48.9 Å². The number of hydrogen-bond acceptors (Lipinski definition) is 5. The lowest BCUT2D eigenvalue weighted by Crippen LogP contribution is -2.24. The zero-order valence-corrected chi connectivity index (χ0v) is 18.8. The molecule has 158 valence electrons. The third kappa shape index (κ3) is 6.41. The fourth-order valence-corrected chi connectivity index (χ4v) is 3.15. The molecule has 1 N–H and O–H groups in total. The van der Waals surface area contributed by atoms with Gasteiger partial charge in [-0.25, -0.2) is 10.2 Å². The molecule has 6 nitrogen and oxygen atoms in total. The predicted molar refractivity (Wildman–Crippen MR) is 123 cm³/mol. The van der Waals surface area contributed by atoms with Gasteiger partial charge in [-0.15, -0.1) is 0 Å². The minimum Gasteiger partial charge on any atom is -0.482 e. The zero-order chi connectivity index (χ0) is 22.2. The molecule has 8 heteroatoms. The summed E-state index contributed by atoms with van der Waals surface area (Å²) in [6, 6.07) is 19.1. The molecule has 3 aromatic carbocycles. The maximum atomic E-state index is 12.5. The molecule has 0 saturated heterocycles. The molecule has 0 heterocycles. The van der Waals surface area contributed by atoms with Gasteiger partial charge in [0.25, 0.3) is 5.91 Å². The van der Waals surface area contributed by atoms with E-state index < -0.39 is 11.9 Å². The van der Waals surface area contributed by atoms with E-state index >= 15 is 0 Å². The van der Waals surface area contributed by atoms with E-state index in [0.29, 0.717) is 27.6 Å². The molecule has 1 amide bonds. The van der Waals surface area contributed by atoms with Crippen molar-refractivity contribution in [2.75, 3.05) is 6.61 Å². The van der Waals surface area contributed by atoms with Gasteiger partial charge in [-0.2, -0.15) is 5.10 Å². The highest BCUT2D eigenvalue weighted by Crippen LogP contribution is 2.24. The Balaban J connectivity index is 1.64. The van der Waals surface area contributed by atoms with Gasteiger partial charge < -0.3 is 9.47 Å². The molecule has 31 heavy (non-hydrogen) atoms. The van der Waals surface area contributed by atoms with Crippen molar-refractivity contribution in [2.24, 2.45) is 5.10 Å². The van der Waals surface area contributed by atoms with Gasteiger partial charge in [-0.3, -0.25) is 4.79 Å². The molecule has 0 spiro atoms. The Labute approximate surface area is 193 Å². The summed E-state index contributed by atoms with van der Waals surface area (Å²) in [5.74, 6) is -0.237. The SMILES string of the molecule is Cc1ccccc1C(=O)Oc1ccc(Br)cc1/C=N\NC(=O)COc1ccccc1Cl. The number of benzene rings is 3. The second-order valence-corrected chi connectivity index (χ2v) is 7.72. The number of hydrazone groups is 1. The summed E-state index contributed by atoms with van der Waals surface area (Å²) >= 11 is 9.36. The summed E-state index contributed by atoms with van der Waals surface area (Å²) in [6.45, 7) is 1.58.